The van der Waals surface area contributed by atoms with Crippen molar-refractivity contribution >= 4 is 0 Å². The van der Waals surface area contributed by atoms with Gasteiger partial charge in [0.2, 0.25) is 0 Å². The molecule has 1 aromatic carbocycles. The van der Waals surface area contributed by atoms with E-state index in [-0.39, 0.29) is 0 Å². The molecule has 0 aliphatic carbocycles. The summed E-state index contributed by atoms with van der Waals surface area (Å²) in [5.74, 6) is 0.845. The van der Waals surface area contributed by atoms with Crippen molar-refractivity contribution in [3.8, 4) is 5.75 Å². The minimum Gasteiger partial charge on any atom is -0.494 e. The van der Waals surface area contributed by atoms with Gasteiger partial charge in [0.25, 0.3) is 0 Å². The maximum Gasteiger partial charge on any atom is 0.119 e. The Morgan fingerprint density at radius 1 is 1.29 bits per heavy atom. The molecule has 0 aliphatic heterocycles. The molecule has 0 aliphatic rings. The molecule has 1 unspecified atom stereocenters. The van der Waals surface area contributed by atoms with Crippen LogP contribution >= 0.6 is 0 Å². The van der Waals surface area contributed by atoms with E-state index in [1.807, 2.05) is 24.3 Å². The van der Waals surface area contributed by atoms with Crippen LogP contribution in [0, 0.1) is 5.41 Å². The van der Waals surface area contributed by atoms with Gasteiger partial charge >= 0.3 is 0 Å². The summed E-state index contributed by atoms with van der Waals surface area (Å²) in [7, 11) is 0. The van der Waals surface area contributed by atoms with Crippen molar-refractivity contribution in [3.05, 3.63) is 29.8 Å². The smallest absolute Gasteiger partial charge is 0.119 e. The van der Waals surface area contributed by atoms with Crippen molar-refractivity contribution in [2.24, 2.45) is 5.41 Å². The number of aliphatic hydroxyl groups excluding tert-OH is 1. The van der Waals surface area contributed by atoms with Crippen molar-refractivity contribution in [2.45, 2.75) is 46.6 Å². The lowest BCUT2D eigenvalue weighted by Crippen LogP contribution is -2.08. The van der Waals surface area contributed by atoms with Crippen molar-refractivity contribution in [1.29, 1.82) is 0 Å². The molecule has 2 heteroatoms. The number of hydrogen-bond acceptors (Lipinski definition) is 2. The Hall–Kier alpha value is -1.02. The van der Waals surface area contributed by atoms with E-state index in [4.69, 9.17) is 4.74 Å². The van der Waals surface area contributed by atoms with Crippen LogP contribution in [0.4, 0.5) is 0 Å². The van der Waals surface area contributed by atoms with Crippen LogP contribution in [0.25, 0.3) is 0 Å². The van der Waals surface area contributed by atoms with E-state index in [1.54, 1.807) is 6.92 Å². The molecule has 96 valence electrons. The standard InChI is InChI=1S/C15H24O2/c1-12(16)13-7-5-8-14(11-13)17-10-6-9-15(2,3)4/h5,7-8,11-12,16H,6,9-10H2,1-4H3. The van der Waals surface area contributed by atoms with E-state index in [2.05, 4.69) is 20.8 Å². The zero-order chi connectivity index (χ0) is 12.9. The summed E-state index contributed by atoms with van der Waals surface area (Å²) in [6.45, 7) is 9.21. The summed E-state index contributed by atoms with van der Waals surface area (Å²) in [6.07, 6.45) is 1.78. The second-order valence-corrected chi connectivity index (χ2v) is 5.76. The van der Waals surface area contributed by atoms with Gasteiger partial charge in [-0.25, -0.2) is 0 Å². The topological polar surface area (TPSA) is 29.5 Å². The van der Waals surface area contributed by atoms with Gasteiger partial charge in [-0.1, -0.05) is 32.9 Å². The third-order valence-corrected chi connectivity index (χ3v) is 2.68. The maximum atomic E-state index is 9.47. The van der Waals surface area contributed by atoms with Gasteiger partial charge in [-0.15, -0.1) is 0 Å². The summed E-state index contributed by atoms with van der Waals surface area (Å²) in [5.41, 5.74) is 1.27. The average molecular weight is 236 g/mol. The summed E-state index contributed by atoms with van der Waals surface area (Å²) in [4.78, 5) is 0. The summed E-state index contributed by atoms with van der Waals surface area (Å²) in [6, 6.07) is 7.67. The second kappa shape index (κ2) is 6.06. The Bertz CT molecular complexity index is 337. The van der Waals surface area contributed by atoms with Crippen molar-refractivity contribution in [3.63, 3.8) is 0 Å². The van der Waals surface area contributed by atoms with E-state index in [0.29, 0.717) is 5.41 Å². The molecule has 0 radical (unpaired) electrons. The highest BCUT2D eigenvalue weighted by atomic mass is 16.5. The lowest BCUT2D eigenvalue weighted by Gasteiger charge is -2.17. The monoisotopic (exact) mass is 236 g/mol. The number of benzene rings is 1. The molecule has 1 aromatic rings. The Balaban J connectivity index is 2.39. The van der Waals surface area contributed by atoms with E-state index in [0.717, 1.165) is 30.8 Å². The molecule has 0 heterocycles. The van der Waals surface area contributed by atoms with Crippen LogP contribution in [0.1, 0.15) is 52.2 Å². The predicted molar refractivity (Wildman–Crippen MR) is 71.3 cm³/mol. The van der Waals surface area contributed by atoms with Crippen LogP contribution in [0.15, 0.2) is 24.3 Å². The van der Waals surface area contributed by atoms with Crippen LogP contribution in [-0.2, 0) is 0 Å². The van der Waals surface area contributed by atoms with E-state index < -0.39 is 6.10 Å². The first kappa shape index (κ1) is 14.0. The van der Waals surface area contributed by atoms with Gasteiger partial charge in [0.1, 0.15) is 5.75 Å². The first-order chi connectivity index (χ1) is 7.88. The average Bonchev–Trinajstić information content (AvgIpc) is 2.23. The Morgan fingerprint density at radius 3 is 2.59 bits per heavy atom. The van der Waals surface area contributed by atoms with Crippen molar-refractivity contribution in [1.82, 2.24) is 0 Å². The number of ether oxygens (including phenoxy) is 1. The van der Waals surface area contributed by atoms with Gasteiger partial charge in [-0.05, 0) is 42.9 Å². The Kier molecular flexibility index (Phi) is 5.01. The molecule has 0 saturated heterocycles. The first-order valence-electron chi connectivity index (χ1n) is 6.29. The molecule has 2 nitrogen and oxygen atoms in total. The van der Waals surface area contributed by atoms with Crippen LogP contribution in [0.2, 0.25) is 0 Å². The third-order valence-electron chi connectivity index (χ3n) is 2.68. The van der Waals surface area contributed by atoms with Crippen LogP contribution < -0.4 is 4.74 Å². The minimum atomic E-state index is -0.437. The molecule has 17 heavy (non-hydrogen) atoms. The first-order valence-corrected chi connectivity index (χ1v) is 6.29. The quantitative estimate of drug-likeness (QED) is 0.784. The van der Waals surface area contributed by atoms with Gasteiger partial charge in [0, 0.05) is 0 Å². The van der Waals surface area contributed by atoms with Crippen LogP contribution in [-0.4, -0.2) is 11.7 Å². The molecule has 0 aromatic heterocycles. The van der Waals surface area contributed by atoms with Gasteiger partial charge in [0.05, 0.1) is 12.7 Å². The lowest BCUT2D eigenvalue weighted by atomic mass is 9.91. The Morgan fingerprint density at radius 2 is 2.00 bits per heavy atom. The van der Waals surface area contributed by atoms with Crippen molar-refractivity contribution < 1.29 is 9.84 Å². The van der Waals surface area contributed by atoms with Crippen LogP contribution in [0.3, 0.4) is 0 Å². The zero-order valence-corrected chi connectivity index (χ0v) is 11.4. The lowest BCUT2D eigenvalue weighted by molar-refractivity contribution is 0.198. The fourth-order valence-electron chi connectivity index (χ4n) is 1.66. The zero-order valence-electron chi connectivity index (χ0n) is 11.4. The molecule has 1 atom stereocenters. The molecule has 0 spiro atoms. The van der Waals surface area contributed by atoms with E-state index in [1.165, 1.54) is 0 Å². The van der Waals surface area contributed by atoms with E-state index in [9.17, 15) is 5.11 Å². The largest absolute Gasteiger partial charge is 0.494 e. The van der Waals surface area contributed by atoms with Gasteiger partial charge in [-0.2, -0.15) is 0 Å². The van der Waals surface area contributed by atoms with Gasteiger partial charge in [-0.3, -0.25) is 0 Å². The SMILES string of the molecule is CC(O)c1cccc(OCCCC(C)(C)C)c1. The number of aliphatic hydroxyl groups is 1. The molecule has 1 N–H and O–H groups in total. The molecule has 0 bridgehead atoms. The third kappa shape index (κ3) is 5.73. The molecule has 0 amide bonds. The number of hydrogen-bond donors (Lipinski definition) is 1. The van der Waals surface area contributed by atoms with Crippen molar-refractivity contribution in [2.75, 3.05) is 6.61 Å². The molecular weight excluding hydrogens is 212 g/mol. The molecule has 1 rings (SSSR count). The predicted octanol–water partition coefficient (Wildman–Crippen LogP) is 3.95. The second-order valence-electron chi connectivity index (χ2n) is 5.76. The maximum absolute atomic E-state index is 9.47. The molecular formula is C15H24O2. The molecule has 0 saturated carbocycles. The minimum absolute atomic E-state index is 0.366. The summed E-state index contributed by atoms with van der Waals surface area (Å²) in [5, 5.41) is 9.47. The normalized spacial score (nSPS) is 13.5. The van der Waals surface area contributed by atoms with E-state index >= 15 is 0 Å². The summed E-state index contributed by atoms with van der Waals surface area (Å²) >= 11 is 0. The fourth-order valence-corrected chi connectivity index (χ4v) is 1.66. The Labute approximate surface area is 105 Å². The fraction of sp³-hybridized carbons (Fsp3) is 0.600. The van der Waals surface area contributed by atoms with Crippen LogP contribution in [0.5, 0.6) is 5.75 Å². The highest BCUT2D eigenvalue weighted by Gasteiger charge is 2.09. The highest BCUT2D eigenvalue weighted by Crippen LogP contribution is 2.22. The molecule has 0 fully saturated rings. The summed E-state index contributed by atoms with van der Waals surface area (Å²) < 4.78 is 5.68. The van der Waals surface area contributed by atoms with Gasteiger partial charge < -0.3 is 9.84 Å². The van der Waals surface area contributed by atoms with Gasteiger partial charge in [0.15, 0.2) is 0 Å². The number of rotatable bonds is 5. The highest BCUT2D eigenvalue weighted by molar-refractivity contribution is 5.29.